The summed E-state index contributed by atoms with van der Waals surface area (Å²) in [5.74, 6) is 0.217. The van der Waals surface area contributed by atoms with Crippen molar-refractivity contribution < 1.29 is 9.59 Å². The smallest absolute Gasteiger partial charge is 0.287 e. The Balaban J connectivity index is 2.59. The molecule has 0 aromatic carbocycles. The van der Waals surface area contributed by atoms with Gasteiger partial charge in [0.15, 0.2) is 0 Å². The third kappa shape index (κ3) is 1.82. The van der Waals surface area contributed by atoms with Gasteiger partial charge in [0.2, 0.25) is 6.41 Å². The Morgan fingerprint density at radius 2 is 2.50 bits per heavy atom. The molecule has 0 saturated carbocycles. The largest absolute Gasteiger partial charge is 0.338 e. The Morgan fingerprint density at radius 1 is 1.75 bits per heavy atom. The number of carbonyl (C=O) groups is 2. The second-order valence-corrected chi connectivity index (χ2v) is 2.10. The number of aromatic amines is 1. The molecule has 1 aromatic heterocycles. The highest BCUT2D eigenvalue weighted by Gasteiger charge is 2.05. The van der Waals surface area contributed by atoms with Gasteiger partial charge in [0.1, 0.15) is 11.5 Å². The van der Waals surface area contributed by atoms with E-state index >= 15 is 0 Å². The fourth-order valence-corrected chi connectivity index (χ4v) is 0.699. The molecule has 3 N–H and O–H groups in total. The summed E-state index contributed by atoms with van der Waals surface area (Å²) in [5.41, 5.74) is 4.47. The van der Waals surface area contributed by atoms with Crippen LogP contribution < -0.4 is 10.9 Å². The van der Waals surface area contributed by atoms with Crippen LogP contribution in [0.4, 0.5) is 0 Å². The maximum atomic E-state index is 11.0. The van der Waals surface area contributed by atoms with Gasteiger partial charge in [0.05, 0.1) is 6.20 Å². The lowest BCUT2D eigenvalue weighted by Gasteiger charge is -1.98. The van der Waals surface area contributed by atoms with Gasteiger partial charge in [-0.15, -0.1) is 0 Å². The van der Waals surface area contributed by atoms with Crippen molar-refractivity contribution in [2.45, 2.75) is 6.92 Å². The van der Waals surface area contributed by atoms with Crippen LogP contribution in [-0.4, -0.2) is 22.3 Å². The number of hydrazine groups is 1. The number of amides is 2. The molecule has 0 spiro atoms. The monoisotopic (exact) mass is 168 g/mol. The first kappa shape index (κ1) is 8.25. The van der Waals surface area contributed by atoms with E-state index in [1.807, 2.05) is 5.43 Å². The molecule has 1 rings (SSSR count). The normalized spacial score (nSPS) is 9.08. The molecule has 0 bridgehead atoms. The van der Waals surface area contributed by atoms with Crippen LogP contribution in [0.1, 0.15) is 16.3 Å². The zero-order chi connectivity index (χ0) is 8.97. The van der Waals surface area contributed by atoms with Gasteiger partial charge in [-0.25, -0.2) is 4.98 Å². The lowest BCUT2D eigenvalue weighted by Crippen LogP contribution is -2.36. The maximum absolute atomic E-state index is 11.0. The molecule has 6 heteroatoms. The average molecular weight is 168 g/mol. The molecule has 2 amide bonds. The quantitative estimate of drug-likeness (QED) is 0.404. The number of H-pyrrole nitrogens is 1. The predicted octanol–water partition coefficient (Wildman–Crippen LogP) is -0.891. The summed E-state index contributed by atoms with van der Waals surface area (Å²) in [5, 5.41) is 0. The molecule has 0 aliphatic rings. The number of rotatable bonds is 3. The van der Waals surface area contributed by atoms with Gasteiger partial charge in [-0.2, -0.15) is 0 Å². The van der Waals surface area contributed by atoms with Gasteiger partial charge < -0.3 is 4.98 Å². The number of aryl methyl sites for hydroxylation is 1. The standard InChI is InChI=1S/C6H8N4O2/c1-4-7-2-5(9-4)6(12)10-8-3-11/h2-3H,1H3,(H,7,9)(H,8,11)(H,10,12). The van der Waals surface area contributed by atoms with Crippen molar-refractivity contribution in [2.75, 3.05) is 0 Å². The third-order valence-corrected chi connectivity index (χ3v) is 1.19. The first-order valence-electron chi connectivity index (χ1n) is 3.25. The van der Waals surface area contributed by atoms with E-state index in [9.17, 15) is 9.59 Å². The Kier molecular flexibility index (Phi) is 2.42. The van der Waals surface area contributed by atoms with Gasteiger partial charge >= 0.3 is 0 Å². The Labute approximate surface area is 68.3 Å². The number of nitrogens with zero attached hydrogens (tertiary/aromatic N) is 1. The minimum atomic E-state index is -0.428. The van der Waals surface area contributed by atoms with Crippen LogP contribution in [0.25, 0.3) is 0 Å². The zero-order valence-electron chi connectivity index (χ0n) is 6.42. The van der Waals surface area contributed by atoms with E-state index in [1.165, 1.54) is 6.20 Å². The summed E-state index contributed by atoms with van der Waals surface area (Å²) in [6.07, 6.45) is 1.76. The van der Waals surface area contributed by atoms with Gasteiger partial charge in [-0.1, -0.05) is 0 Å². The van der Waals surface area contributed by atoms with Crippen LogP contribution in [0.5, 0.6) is 0 Å². The molecular formula is C6H8N4O2. The first-order chi connectivity index (χ1) is 5.74. The minimum absolute atomic E-state index is 0.307. The fraction of sp³-hybridized carbons (Fsp3) is 0.167. The number of imidazole rings is 1. The molecule has 0 radical (unpaired) electrons. The number of carbonyl (C=O) groups excluding carboxylic acids is 2. The topological polar surface area (TPSA) is 86.9 Å². The summed E-state index contributed by atoms with van der Waals surface area (Å²) in [7, 11) is 0. The maximum Gasteiger partial charge on any atom is 0.287 e. The van der Waals surface area contributed by atoms with Crippen molar-refractivity contribution >= 4 is 12.3 Å². The lowest BCUT2D eigenvalue weighted by molar-refractivity contribution is -0.110. The second kappa shape index (κ2) is 3.51. The second-order valence-electron chi connectivity index (χ2n) is 2.10. The van der Waals surface area contributed by atoms with Crippen LogP contribution in [0, 0.1) is 6.92 Å². The lowest BCUT2D eigenvalue weighted by atomic mass is 10.5. The van der Waals surface area contributed by atoms with Gasteiger partial charge in [0, 0.05) is 0 Å². The number of nitrogens with one attached hydrogen (secondary N) is 3. The first-order valence-corrected chi connectivity index (χ1v) is 3.25. The van der Waals surface area contributed by atoms with Crippen molar-refractivity contribution in [3.05, 3.63) is 17.7 Å². The molecule has 0 fully saturated rings. The van der Waals surface area contributed by atoms with Crippen LogP contribution in [-0.2, 0) is 4.79 Å². The van der Waals surface area contributed by atoms with Gasteiger partial charge in [0.25, 0.3) is 5.91 Å². The van der Waals surface area contributed by atoms with Crippen LogP contribution >= 0.6 is 0 Å². The summed E-state index contributed by atoms with van der Waals surface area (Å²) in [4.78, 5) is 27.3. The average Bonchev–Trinajstić information content (AvgIpc) is 2.47. The van der Waals surface area contributed by atoms with E-state index < -0.39 is 5.91 Å². The zero-order valence-corrected chi connectivity index (χ0v) is 6.42. The third-order valence-electron chi connectivity index (χ3n) is 1.19. The highest BCUT2D eigenvalue weighted by molar-refractivity contribution is 5.92. The molecule has 1 heterocycles. The Morgan fingerprint density at radius 3 is 3.00 bits per heavy atom. The van der Waals surface area contributed by atoms with Crippen molar-refractivity contribution in [3.8, 4) is 0 Å². The minimum Gasteiger partial charge on any atom is -0.338 e. The van der Waals surface area contributed by atoms with E-state index in [4.69, 9.17) is 0 Å². The predicted molar refractivity (Wildman–Crippen MR) is 40.0 cm³/mol. The van der Waals surface area contributed by atoms with E-state index in [0.29, 0.717) is 17.9 Å². The van der Waals surface area contributed by atoms with Crippen molar-refractivity contribution in [1.29, 1.82) is 0 Å². The number of aromatic nitrogens is 2. The van der Waals surface area contributed by atoms with Crippen molar-refractivity contribution in [3.63, 3.8) is 0 Å². The molecule has 12 heavy (non-hydrogen) atoms. The summed E-state index contributed by atoms with van der Waals surface area (Å²) >= 11 is 0. The molecule has 0 aliphatic carbocycles. The number of hydrogen-bond donors (Lipinski definition) is 3. The van der Waals surface area contributed by atoms with Gasteiger partial charge in [-0.3, -0.25) is 20.4 Å². The van der Waals surface area contributed by atoms with Crippen molar-refractivity contribution in [1.82, 2.24) is 20.8 Å². The summed E-state index contributed by atoms with van der Waals surface area (Å²) < 4.78 is 0. The highest BCUT2D eigenvalue weighted by atomic mass is 16.2. The van der Waals surface area contributed by atoms with E-state index in [2.05, 4.69) is 15.4 Å². The molecule has 0 saturated heterocycles. The van der Waals surface area contributed by atoms with Crippen LogP contribution in [0.2, 0.25) is 0 Å². The van der Waals surface area contributed by atoms with Gasteiger partial charge in [-0.05, 0) is 6.92 Å². The summed E-state index contributed by atoms with van der Waals surface area (Å²) in [6, 6.07) is 0. The molecule has 0 atom stereocenters. The molecule has 6 nitrogen and oxygen atoms in total. The Hall–Kier alpha value is -1.85. The van der Waals surface area contributed by atoms with E-state index in [1.54, 1.807) is 6.92 Å². The molecule has 0 aliphatic heterocycles. The van der Waals surface area contributed by atoms with Crippen molar-refractivity contribution in [2.24, 2.45) is 0 Å². The SMILES string of the molecule is Cc1ncc(C(=O)NNC=O)[nH]1. The van der Waals surface area contributed by atoms with Crippen LogP contribution in [0.3, 0.4) is 0 Å². The molecule has 1 aromatic rings. The Bertz CT molecular complexity index is 293. The fourth-order valence-electron chi connectivity index (χ4n) is 0.699. The number of hydrogen-bond acceptors (Lipinski definition) is 3. The van der Waals surface area contributed by atoms with E-state index in [0.717, 1.165) is 0 Å². The summed E-state index contributed by atoms with van der Waals surface area (Å²) in [6.45, 7) is 1.73. The molecular weight excluding hydrogens is 160 g/mol. The molecule has 0 unspecified atom stereocenters. The van der Waals surface area contributed by atoms with E-state index in [-0.39, 0.29) is 0 Å². The van der Waals surface area contributed by atoms with Crippen LogP contribution in [0.15, 0.2) is 6.20 Å². The highest BCUT2D eigenvalue weighted by Crippen LogP contribution is 1.93. The molecule has 64 valence electrons.